The van der Waals surface area contributed by atoms with E-state index in [1.165, 1.54) is 6.20 Å². The Hall–Kier alpha value is -3.47. The molecule has 0 unspecified atom stereocenters. The first-order valence-corrected chi connectivity index (χ1v) is 11.5. The van der Waals surface area contributed by atoms with Crippen LogP contribution in [0.4, 0.5) is 13.2 Å². The van der Waals surface area contributed by atoms with E-state index in [1.807, 2.05) is 12.1 Å². The number of fused-ring (bicyclic) bond motifs is 2. The van der Waals surface area contributed by atoms with E-state index in [0.29, 0.717) is 22.1 Å². The first-order chi connectivity index (χ1) is 16.8. The van der Waals surface area contributed by atoms with Crippen LogP contribution in [0.15, 0.2) is 36.9 Å². The lowest BCUT2D eigenvalue weighted by atomic mass is 9.93. The SMILES string of the molecule is CO[C@H]1CC[C@H](NC(=O)c2cnn3ccc(-c4c[nH]c5nc(CCC(F)(F)F)ncc45)cc23)CC1. The van der Waals surface area contributed by atoms with Crippen molar-refractivity contribution in [2.45, 2.75) is 56.8 Å². The van der Waals surface area contributed by atoms with E-state index in [4.69, 9.17) is 4.74 Å². The molecule has 4 aromatic heterocycles. The molecule has 4 aromatic rings. The van der Waals surface area contributed by atoms with Crippen LogP contribution >= 0.6 is 0 Å². The highest BCUT2D eigenvalue weighted by atomic mass is 19.4. The van der Waals surface area contributed by atoms with E-state index in [9.17, 15) is 18.0 Å². The van der Waals surface area contributed by atoms with Crippen LogP contribution in [0.3, 0.4) is 0 Å². The molecule has 1 fully saturated rings. The van der Waals surface area contributed by atoms with Crippen molar-refractivity contribution in [2.24, 2.45) is 0 Å². The Kier molecular flexibility index (Phi) is 6.18. The number of nitrogens with zero attached hydrogens (tertiary/aromatic N) is 4. The van der Waals surface area contributed by atoms with Gasteiger partial charge in [0, 0.05) is 49.1 Å². The number of alkyl halides is 3. The van der Waals surface area contributed by atoms with Crippen LogP contribution < -0.4 is 5.32 Å². The lowest BCUT2D eigenvalue weighted by molar-refractivity contribution is -0.134. The van der Waals surface area contributed by atoms with Crippen molar-refractivity contribution in [1.29, 1.82) is 0 Å². The predicted octanol–water partition coefficient (Wildman–Crippen LogP) is 4.45. The van der Waals surface area contributed by atoms with E-state index in [-0.39, 0.29) is 30.3 Å². The number of pyridine rings is 1. The van der Waals surface area contributed by atoms with Gasteiger partial charge in [0.15, 0.2) is 0 Å². The van der Waals surface area contributed by atoms with E-state index >= 15 is 0 Å². The number of carbonyl (C=O) groups is 1. The van der Waals surface area contributed by atoms with Crippen molar-refractivity contribution in [3.05, 3.63) is 48.3 Å². The number of aryl methyl sites for hydroxylation is 1. The van der Waals surface area contributed by atoms with Gasteiger partial charge in [0.05, 0.1) is 29.8 Å². The average molecular weight is 486 g/mol. The third kappa shape index (κ3) is 5.00. The third-order valence-electron chi connectivity index (χ3n) is 6.53. The summed E-state index contributed by atoms with van der Waals surface area (Å²) in [6.45, 7) is 0. The molecule has 0 saturated heterocycles. The number of ether oxygens (including phenoxy) is 1. The number of aromatic amines is 1. The largest absolute Gasteiger partial charge is 0.389 e. The van der Waals surface area contributed by atoms with Gasteiger partial charge < -0.3 is 15.0 Å². The molecule has 1 aliphatic rings. The van der Waals surface area contributed by atoms with E-state index in [1.54, 1.807) is 30.2 Å². The van der Waals surface area contributed by atoms with Gasteiger partial charge in [-0.1, -0.05) is 0 Å². The van der Waals surface area contributed by atoms with Gasteiger partial charge in [0.1, 0.15) is 11.5 Å². The summed E-state index contributed by atoms with van der Waals surface area (Å²) in [6, 6.07) is 3.82. The van der Waals surface area contributed by atoms with E-state index < -0.39 is 12.6 Å². The number of hydrogen-bond acceptors (Lipinski definition) is 5. The fourth-order valence-electron chi connectivity index (χ4n) is 4.59. The zero-order chi connectivity index (χ0) is 24.6. The summed E-state index contributed by atoms with van der Waals surface area (Å²) < 4.78 is 44.6. The van der Waals surface area contributed by atoms with Crippen LogP contribution in [0, 0.1) is 0 Å². The minimum absolute atomic E-state index is 0.101. The lowest BCUT2D eigenvalue weighted by Crippen LogP contribution is -2.38. The summed E-state index contributed by atoms with van der Waals surface area (Å²) in [5.41, 5.74) is 3.19. The topological polar surface area (TPSA) is 97.2 Å². The molecule has 8 nitrogen and oxygen atoms in total. The molecular formula is C24H25F3N6O2. The van der Waals surface area contributed by atoms with Crippen molar-refractivity contribution in [3.8, 4) is 11.1 Å². The number of amides is 1. The van der Waals surface area contributed by atoms with Crippen molar-refractivity contribution >= 4 is 22.5 Å². The first-order valence-electron chi connectivity index (χ1n) is 11.5. The second-order valence-corrected chi connectivity index (χ2v) is 8.85. The highest BCUT2D eigenvalue weighted by Gasteiger charge is 2.27. The Labute approximate surface area is 198 Å². The second kappa shape index (κ2) is 9.29. The molecule has 1 amide bonds. The zero-order valence-corrected chi connectivity index (χ0v) is 19.1. The maximum Gasteiger partial charge on any atom is 0.389 e. The number of halogens is 3. The van der Waals surface area contributed by atoms with Gasteiger partial charge in [-0.2, -0.15) is 18.3 Å². The monoisotopic (exact) mass is 486 g/mol. The van der Waals surface area contributed by atoms with Crippen molar-refractivity contribution in [1.82, 2.24) is 29.9 Å². The standard InChI is InChI=1S/C24H25F3N6O2/c1-35-16-4-2-15(3-5-16)31-23(34)19-13-30-33-9-7-14(10-20(19)33)17-11-29-22-18(17)12-28-21(32-22)6-8-24(25,26)27/h7,9-13,15-16H,2-6,8H2,1H3,(H,31,34)(H,28,29,32)/t15-,16-. The fraction of sp³-hybridized carbons (Fsp3) is 0.417. The molecule has 1 aliphatic carbocycles. The Morgan fingerprint density at radius 1 is 1.26 bits per heavy atom. The van der Waals surface area contributed by atoms with Gasteiger partial charge in [-0.05, 0) is 43.4 Å². The predicted molar refractivity (Wildman–Crippen MR) is 123 cm³/mol. The van der Waals surface area contributed by atoms with Crippen LogP contribution in [-0.4, -0.2) is 55.9 Å². The van der Waals surface area contributed by atoms with Crippen LogP contribution in [0.2, 0.25) is 0 Å². The van der Waals surface area contributed by atoms with Crippen molar-refractivity contribution in [3.63, 3.8) is 0 Å². The second-order valence-electron chi connectivity index (χ2n) is 8.85. The minimum atomic E-state index is -4.26. The molecule has 0 aromatic carbocycles. The summed E-state index contributed by atoms with van der Waals surface area (Å²) in [6.07, 6.45) is 4.92. The fourth-order valence-corrected chi connectivity index (χ4v) is 4.59. The molecule has 11 heteroatoms. The minimum Gasteiger partial charge on any atom is -0.381 e. The number of rotatable bonds is 6. The van der Waals surface area contributed by atoms with Crippen molar-refractivity contribution in [2.75, 3.05) is 7.11 Å². The molecule has 1 saturated carbocycles. The highest BCUT2D eigenvalue weighted by molar-refractivity contribution is 6.02. The smallest absolute Gasteiger partial charge is 0.381 e. The Morgan fingerprint density at radius 3 is 2.80 bits per heavy atom. The van der Waals surface area contributed by atoms with Crippen LogP contribution in [-0.2, 0) is 11.2 Å². The van der Waals surface area contributed by atoms with Gasteiger partial charge in [-0.3, -0.25) is 4.79 Å². The number of aromatic nitrogens is 5. The van der Waals surface area contributed by atoms with Crippen molar-refractivity contribution < 1.29 is 22.7 Å². The Morgan fingerprint density at radius 2 is 2.06 bits per heavy atom. The number of nitrogens with one attached hydrogen (secondary N) is 2. The lowest BCUT2D eigenvalue weighted by Gasteiger charge is -2.28. The molecule has 184 valence electrons. The normalized spacial score (nSPS) is 18.9. The number of H-pyrrole nitrogens is 1. The summed E-state index contributed by atoms with van der Waals surface area (Å²) >= 11 is 0. The summed E-state index contributed by atoms with van der Waals surface area (Å²) in [5, 5.41) is 8.11. The van der Waals surface area contributed by atoms with Gasteiger partial charge in [0.2, 0.25) is 0 Å². The van der Waals surface area contributed by atoms with E-state index in [0.717, 1.165) is 36.8 Å². The van der Waals surface area contributed by atoms with Crippen LogP contribution in [0.5, 0.6) is 0 Å². The summed E-state index contributed by atoms with van der Waals surface area (Å²) in [4.78, 5) is 24.4. The van der Waals surface area contributed by atoms with Crippen LogP contribution in [0.25, 0.3) is 27.7 Å². The maximum absolute atomic E-state index is 13.0. The number of hydrogen-bond donors (Lipinski definition) is 2. The number of carbonyl (C=O) groups excluding carboxylic acids is 1. The molecule has 0 bridgehead atoms. The zero-order valence-electron chi connectivity index (χ0n) is 19.1. The first kappa shape index (κ1) is 23.3. The average Bonchev–Trinajstić information content (AvgIpc) is 3.46. The van der Waals surface area contributed by atoms with Gasteiger partial charge in [0.25, 0.3) is 5.91 Å². The number of methoxy groups -OCH3 is 1. The van der Waals surface area contributed by atoms with Gasteiger partial charge in [-0.25, -0.2) is 14.5 Å². The van der Waals surface area contributed by atoms with Gasteiger partial charge in [-0.15, -0.1) is 0 Å². The summed E-state index contributed by atoms with van der Waals surface area (Å²) in [7, 11) is 1.72. The molecule has 0 atom stereocenters. The van der Waals surface area contributed by atoms with E-state index in [2.05, 4.69) is 25.4 Å². The summed E-state index contributed by atoms with van der Waals surface area (Å²) in [5.74, 6) is -0.0393. The Bertz CT molecular complexity index is 1350. The molecule has 5 rings (SSSR count). The Balaban J connectivity index is 1.38. The maximum atomic E-state index is 13.0. The molecule has 35 heavy (non-hydrogen) atoms. The molecule has 0 radical (unpaired) electrons. The molecule has 0 spiro atoms. The van der Waals surface area contributed by atoms with Gasteiger partial charge >= 0.3 is 6.18 Å². The third-order valence-corrected chi connectivity index (χ3v) is 6.53. The molecular weight excluding hydrogens is 461 g/mol. The molecule has 2 N–H and O–H groups in total. The van der Waals surface area contributed by atoms with Crippen LogP contribution in [0.1, 0.15) is 48.3 Å². The quantitative estimate of drug-likeness (QED) is 0.420. The highest BCUT2D eigenvalue weighted by Crippen LogP contribution is 2.30. The molecule has 4 heterocycles. The molecule has 0 aliphatic heterocycles.